The van der Waals surface area contributed by atoms with Crippen molar-refractivity contribution in [3.63, 3.8) is 0 Å². The van der Waals surface area contributed by atoms with Crippen molar-refractivity contribution in [1.82, 2.24) is 4.73 Å². The maximum atomic E-state index is 12.4. The second kappa shape index (κ2) is 4.94. The Labute approximate surface area is 120 Å². The predicted octanol–water partition coefficient (Wildman–Crippen LogP) is 2.00. The van der Waals surface area contributed by atoms with Crippen molar-refractivity contribution < 1.29 is 14.4 Å². The Bertz CT molecular complexity index is 911. The zero-order valence-corrected chi connectivity index (χ0v) is 11.6. The lowest BCUT2D eigenvalue weighted by molar-refractivity contribution is 0.0601. The Hall–Kier alpha value is -2.82. The summed E-state index contributed by atoms with van der Waals surface area (Å²) in [5.41, 5.74) is 0.798. The zero-order chi connectivity index (χ0) is 15.0. The SMILES string of the molecule is COC(=O)c1ccc2c(=O)n(OC)c3ccccc3c2c1. The highest BCUT2D eigenvalue weighted by molar-refractivity contribution is 6.08. The average molecular weight is 283 g/mol. The monoisotopic (exact) mass is 283 g/mol. The fourth-order valence-electron chi connectivity index (χ4n) is 2.48. The molecule has 5 nitrogen and oxygen atoms in total. The van der Waals surface area contributed by atoms with Crippen molar-refractivity contribution in [2.24, 2.45) is 0 Å². The number of rotatable bonds is 2. The van der Waals surface area contributed by atoms with Crippen molar-refractivity contribution in [3.05, 3.63) is 58.4 Å². The minimum Gasteiger partial charge on any atom is -0.465 e. The number of methoxy groups -OCH3 is 1. The molecule has 0 N–H and O–H groups in total. The number of pyridine rings is 1. The first-order chi connectivity index (χ1) is 10.2. The summed E-state index contributed by atoms with van der Waals surface area (Å²) in [4.78, 5) is 29.3. The molecule has 0 radical (unpaired) electrons. The zero-order valence-electron chi connectivity index (χ0n) is 11.6. The van der Waals surface area contributed by atoms with Gasteiger partial charge in [0.25, 0.3) is 5.56 Å². The van der Waals surface area contributed by atoms with E-state index in [4.69, 9.17) is 9.57 Å². The molecule has 0 saturated heterocycles. The topological polar surface area (TPSA) is 57.5 Å². The van der Waals surface area contributed by atoms with E-state index in [0.29, 0.717) is 21.9 Å². The van der Waals surface area contributed by atoms with E-state index in [2.05, 4.69) is 0 Å². The Morgan fingerprint density at radius 2 is 1.76 bits per heavy atom. The number of hydrogen-bond acceptors (Lipinski definition) is 4. The van der Waals surface area contributed by atoms with Crippen LogP contribution in [0, 0.1) is 0 Å². The van der Waals surface area contributed by atoms with Gasteiger partial charge in [0.15, 0.2) is 0 Å². The van der Waals surface area contributed by atoms with Crippen LogP contribution in [0.15, 0.2) is 47.3 Å². The molecule has 0 aliphatic heterocycles. The van der Waals surface area contributed by atoms with Crippen LogP contribution in [0.25, 0.3) is 21.7 Å². The minimum atomic E-state index is -0.433. The van der Waals surface area contributed by atoms with Gasteiger partial charge in [0, 0.05) is 5.39 Å². The standard InChI is InChI=1S/C16H13NO4/c1-20-16(19)10-7-8-12-13(9-10)11-5-3-4-6-14(11)17(21-2)15(12)18/h3-9H,1-2H3. The first-order valence-electron chi connectivity index (χ1n) is 6.37. The molecule has 1 heterocycles. The molecular formula is C16H13NO4. The van der Waals surface area contributed by atoms with Crippen LogP contribution in [0.4, 0.5) is 0 Å². The third-order valence-corrected chi connectivity index (χ3v) is 3.45. The van der Waals surface area contributed by atoms with Crippen LogP contribution in [-0.2, 0) is 4.74 Å². The van der Waals surface area contributed by atoms with Gasteiger partial charge in [-0.25, -0.2) is 4.79 Å². The van der Waals surface area contributed by atoms with E-state index in [1.54, 1.807) is 24.3 Å². The molecule has 3 aromatic rings. The van der Waals surface area contributed by atoms with Gasteiger partial charge in [-0.05, 0) is 29.7 Å². The van der Waals surface area contributed by atoms with Crippen LogP contribution in [0.5, 0.6) is 0 Å². The molecule has 1 aromatic heterocycles. The van der Waals surface area contributed by atoms with Gasteiger partial charge in [-0.3, -0.25) is 4.79 Å². The van der Waals surface area contributed by atoms with E-state index in [1.165, 1.54) is 19.0 Å². The molecular weight excluding hydrogens is 270 g/mol. The molecule has 0 aliphatic rings. The van der Waals surface area contributed by atoms with E-state index in [-0.39, 0.29) is 5.56 Å². The van der Waals surface area contributed by atoms with Crippen molar-refractivity contribution in [3.8, 4) is 0 Å². The molecule has 2 aromatic carbocycles. The summed E-state index contributed by atoms with van der Waals surface area (Å²) < 4.78 is 5.97. The summed E-state index contributed by atoms with van der Waals surface area (Å²) in [7, 11) is 2.77. The molecule has 0 amide bonds. The average Bonchev–Trinajstić information content (AvgIpc) is 2.54. The van der Waals surface area contributed by atoms with Crippen molar-refractivity contribution in [2.75, 3.05) is 14.2 Å². The molecule has 0 unspecified atom stereocenters. The molecule has 0 atom stereocenters. The van der Waals surface area contributed by atoms with E-state index >= 15 is 0 Å². The summed E-state index contributed by atoms with van der Waals surface area (Å²) >= 11 is 0. The number of carbonyl (C=O) groups is 1. The number of fused-ring (bicyclic) bond motifs is 3. The van der Waals surface area contributed by atoms with Gasteiger partial charge in [-0.2, -0.15) is 0 Å². The lowest BCUT2D eigenvalue weighted by Gasteiger charge is -2.11. The first-order valence-corrected chi connectivity index (χ1v) is 6.37. The number of ether oxygens (including phenoxy) is 1. The number of hydrogen-bond donors (Lipinski definition) is 0. The number of nitrogens with zero attached hydrogens (tertiary/aromatic N) is 1. The molecule has 0 spiro atoms. The Morgan fingerprint density at radius 3 is 2.48 bits per heavy atom. The summed E-state index contributed by atoms with van der Waals surface area (Å²) in [6.45, 7) is 0. The molecule has 0 bridgehead atoms. The van der Waals surface area contributed by atoms with Crippen LogP contribution in [0.1, 0.15) is 10.4 Å². The highest BCUT2D eigenvalue weighted by Gasteiger charge is 2.13. The van der Waals surface area contributed by atoms with Crippen molar-refractivity contribution in [1.29, 1.82) is 0 Å². The van der Waals surface area contributed by atoms with E-state index < -0.39 is 5.97 Å². The molecule has 106 valence electrons. The van der Waals surface area contributed by atoms with Gasteiger partial charge >= 0.3 is 5.97 Å². The van der Waals surface area contributed by atoms with Crippen LogP contribution in [0.3, 0.4) is 0 Å². The third-order valence-electron chi connectivity index (χ3n) is 3.45. The molecule has 0 aliphatic carbocycles. The van der Waals surface area contributed by atoms with E-state index in [0.717, 1.165) is 5.39 Å². The quantitative estimate of drug-likeness (QED) is 0.533. The van der Waals surface area contributed by atoms with Gasteiger partial charge in [-0.15, -0.1) is 4.73 Å². The van der Waals surface area contributed by atoms with Crippen molar-refractivity contribution >= 4 is 27.6 Å². The number of benzene rings is 2. The van der Waals surface area contributed by atoms with Gasteiger partial charge in [0.05, 0.1) is 23.6 Å². The maximum Gasteiger partial charge on any atom is 0.337 e. The summed E-state index contributed by atoms with van der Waals surface area (Å²) in [5, 5.41) is 2.02. The molecule has 0 saturated carbocycles. The lowest BCUT2D eigenvalue weighted by Crippen LogP contribution is -2.25. The lowest BCUT2D eigenvalue weighted by atomic mass is 10.0. The van der Waals surface area contributed by atoms with Gasteiger partial charge in [0.2, 0.25) is 0 Å². The summed E-state index contributed by atoms with van der Waals surface area (Å²) in [6.07, 6.45) is 0. The van der Waals surface area contributed by atoms with E-state index in [9.17, 15) is 9.59 Å². The molecule has 21 heavy (non-hydrogen) atoms. The summed E-state index contributed by atoms with van der Waals surface area (Å²) in [6, 6.07) is 12.2. The second-order valence-corrected chi connectivity index (χ2v) is 4.55. The number of para-hydroxylation sites is 1. The van der Waals surface area contributed by atoms with Crippen molar-refractivity contribution in [2.45, 2.75) is 0 Å². The smallest absolute Gasteiger partial charge is 0.337 e. The highest BCUT2D eigenvalue weighted by Crippen LogP contribution is 2.23. The predicted molar refractivity (Wildman–Crippen MR) is 79.6 cm³/mol. The Kier molecular flexibility index (Phi) is 3.10. The Morgan fingerprint density at radius 1 is 1.00 bits per heavy atom. The van der Waals surface area contributed by atoms with Crippen LogP contribution in [0.2, 0.25) is 0 Å². The van der Waals surface area contributed by atoms with Crippen LogP contribution >= 0.6 is 0 Å². The molecule has 3 rings (SSSR count). The number of carbonyl (C=O) groups excluding carboxylic acids is 1. The van der Waals surface area contributed by atoms with E-state index in [1.807, 2.05) is 18.2 Å². The minimum absolute atomic E-state index is 0.261. The van der Waals surface area contributed by atoms with Gasteiger partial charge in [-0.1, -0.05) is 18.2 Å². The maximum absolute atomic E-state index is 12.4. The van der Waals surface area contributed by atoms with Crippen LogP contribution < -0.4 is 10.4 Å². The summed E-state index contributed by atoms with van der Waals surface area (Å²) in [5.74, 6) is -0.433. The largest absolute Gasteiger partial charge is 0.465 e. The second-order valence-electron chi connectivity index (χ2n) is 4.55. The number of aromatic nitrogens is 1. The van der Waals surface area contributed by atoms with Crippen LogP contribution in [-0.4, -0.2) is 24.9 Å². The normalized spacial score (nSPS) is 10.8. The third kappa shape index (κ3) is 1.94. The fraction of sp³-hybridized carbons (Fsp3) is 0.125. The first kappa shape index (κ1) is 13.2. The van der Waals surface area contributed by atoms with Gasteiger partial charge in [0.1, 0.15) is 7.11 Å². The molecule has 5 heteroatoms. The number of esters is 1. The van der Waals surface area contributed by atoms with Gasteiger partial charge < -0.3 is 9.57 Å². The Balaban J connectivity index is 2.50. The highest BCUT2D eigenvalue weighted by atomic mass is 16.6. The molecule has 0 fully saturated rings. The fourth-order valence-corrected chi connectivity index (χ4v) is 2.48.